The maximum atomic E-state index is 12.7. The normalized spacial score (nSPS) is 14.3. The molecule has 0 atom stereocenters. The number of nitrogens with one attached hydrogen (secondary N) is 1. The van der Waals surface area contributed by atoms with Crippen molar-refractivity contribution in [3.05, 3.63) is 52.8 Å². The van der Waals surface area contributed by atoms with Crippen LogP contribution in [0.4, 0.5) is 13.2 Å². The van der Waals surface area contributed by atoms with E-state index in [-0.39, 0.29) is 5.56 Å². The number of nitrogens with zero attached hydrogens (tertiary/aromatic N) is 2. The van der Waals surface area contributed by atoms with Gasteiger partial charge in [-0.25, -0.2) is 0 Å². The van der Waals surface area contributed by atoms with E-state index in [1.165, 1.54) is 29.8 Å². The molecule has 24 heavy (non-hydrogen) atoms. The Morgan fingerprint density at radius 3 is 2.83 bits per heavy atom. The molecule has 1 aromatic heterocycles. The number of fused-ring (bicyclic) bond motifs is 1. The van der Waals surface area contributed by atoms with Gasteiger partial charge in [-0.3, -0.25) is 9.48 Å². The SMILES string of the molecule is O=C(NCCn1ncc2c1CCCC2)c1cccc(C(F)(F)F)c1. The molecule has 2 aromatic rings. The molecule has 0 aliphatic heterocycles. The lowest BCUT2D eigenvalue weighted by Gasteiger charge is -2.14. The van der Waals surface area contributed by atoms with E-state index in [2.05, 4.69) is 10.4 Å². The average Bonchev–Trinajstić information content (AvgIpc) is 2.97. The van der Waals surface area contributed by atoms with E-state index in [0.29, 0.717) is 13.1 Å². The van der Waals surface area contributed by atoms with Gasteiger partial charge in [0.1, 0.15) is 0 Å². The summed E-state index contributed by atoms with van der Waals surface area (Å²) in [5.41, 5.74) is 1.64. The number of hydrogen-bond donors (Lipinski definition) is 1. The lowest BCUT2D eigenvalue weighted by Crippen LogP contribution is -2.28. The van der Waals surface area contributed by atoms with Gasteiger partial charge in [0, 0.05) is 17.8 Å². The van der Waals surface area contributed by atoms with Gasteiger partial charge in [0.2, 0.25) is 0 Å². The maximum absolute atomic E-state index is 12.7. The second-order valence-electron chi connectivity index (χ2n) is 5.88. The Kier molecular flexibility index (Phi) is 4.59. The largest absolute Gasteiger partial charge is 0.416 e. The fourth-order valence-corrected chi connectivity index (χ4v) is 2.96. The topological polar surface area (TPSA) is 46.9 Å². The first-order valence-electron chi connectivity index (χ1n) is 7.94. The van der Waals surface area contributed by atoms with E-state index in [9.17, 15) is 18.0 Å². The van der Waals surface area contributed by atoms with E-state index < -0.39 is 17.6 Å². The third kappa shape index (κ3) is 3.60. The predicted octanol–water partition coefficient (Wildman–Crippen LogP) is 3.21. The van der Waals surface area contributed by atoms with Crippen LogP contribution in [0.5, 0.6) is 0 Å². The fourth-order valence-electron chi connectivity index (χ4n) is 2.96. The molecule has 0 spiro atoms. The van der Waals surface area contributed by atoms with Gasteiger partial charge in [-0.05, 0) is 49.4 Å². The number of rotatable bonds is 4. The molecule has 0 bridgehead atoms. The van der Waals surface area contributed by atoms with Crippen molar-refractivity contribution in [1.29, 1.82) is 0 Å². The Morgan fingerprint density at radius 2 is 2.04 bits per heavy atom. The summed E-state index contributed by atoms with van der Waals surface area (Å²) in [5, 5.41) is 6.99. The summed E-state index contributed by atoms with van der Waals surface area (Å²) >= 11 is 0. The zero-order valence-electron chi connectivity index (χ0n) is 13.1. The van der Waals surface area contributed by atoms with Crippen molar-refractivity contribution < 1.29 is 18.0 Å². The summed E-state index contributed by atoms with van der Waals surface area (Å²) in [7, 11) is 0. The average molecular weight is 337 g/mol. The van der Waals surface area contributed by atoms with E-state index in [1.807, 2.05) is 10.9 Å². The summed E-state index contributed by atoms with van der Waals surface area (Å²) in [6.45, 7) is 0.837. The second kappa shape index (κ2) is 6.67. The molecule has 1 aliphatic carbocycles. The van der Waals surface area contributed by atoms with E-state index >= 15 is 0 Å². The zero-order valence-corrected chi connectivity index (χ0v) is 13.1. The van der Waals surface area contributed by atoms with E-state index in [1.54, 1.807) is 0 Å². The summed E-state index contributed by atoms with van der Waals surface area (Å²) in [4.78, 5) is 12.0. The highest BCUT2D eigenvalue weighted by Gasteiger charge is 2.30. The van der Waals surface area contributed by atoms with Gasteiger partial charge in [0.25, 0.3) is 5.91 Å². The monoisotopic (exact) mass is 337 g/mol. The molecule has 0 radical (unpaired) electrons. The maximum Gasteiger partial charge on any atom is 0.416 e. The minimum Gasteiger partial charge on any atom is -0.350 e. The number of alkyl halides is 3. The Hall–Kier alpha value is -2.31. The molecule has 1 aliphatic rings. The number of amides is 1. The highest BCUT2D eigenvalue weighted by Crippen LogP contribution is 2.29. The van der Waals surface area contributed by atoms with Crippen LogP contribution in [0.1, 0.15) is 40.0 Å². The predicted molar refractivity (Wildman–Crippen MR) is 82.6 cm³/mol. The second-order valence-corrected chi connectivity index (χ2v) is 5.88. The van der Waals surface area contributed by atoms with Crippen LogP contribution < -0.4 is 5.32 Å². The van der Waals surface area contributed by atoms with Crippen molar-refractivity contribution in [3.8, 4) is 0 Å². The first-order chi connectivity index (χ1) is 11.4. The molecule has 1 aromatic carbocycles. The van der Waals surface area contributed by atoms with Gasteiger partial charge in [0.05, 0.1) is 18.3 Å². The van der Waals surface area contributed by atoms with Crippen LogP contribution >= 0.6 is 0 Å². The number of carbonyl (C=O) groups excluding carboxylic acids is 1. The van der Waals surface area contributed by atoms with Crippen molar-refractivity contribution >= 4 is 5.91 Å². The summed E-state index contributed by atoms with van der Waals surface area (Å²) in [5.74, 6) is -0.512. The Bertz CT molecular complexity index is 737. The van der Waals surface area contributed by atoms with Gasteiger partial charge in [0.15, 0.2) is 0 Å². The number of halogens is 3. The molecule has 0 saturated heterocycles. The Labute approximate surface area is 137 Å². The van der Waals surface area contributed by atoms with E-state index in [0.717, 1.165) is 31.4 Å². The van der Waals surface area contributed by atoms with Crippen LogP contribution in [-0.2, 0) is 25.6 Å². The number of aromatic nitrogens is 2. The van der Waals surface area contributed by atoms with Crippen molar-refractivity contribution in [2.45, 2.75) is 38.4 Å². The molecule has 1 heterocycles. The molecular weight excluding hydrogens is 319 g/mol. The van der Waals surface area contributed by atoms with Gasteiger partial charge in [-0.15, -0.1) is 0 Å². The van der Waals surface area contributed by atoms with Crippen LogP contribution in [0.3, 0.4) is 0 Å². The minimum absolute atomic E-state index is 0.00678. The van der Waals surface area contributed by atoms with Crippen LogP contribution in [-0.4, -0.2) is 22.2 Å². The quantitative estimate of drug-likeness (QED) is 0.931. The van der Waals surface area contributed by atoms with E-state index in [4.69, 9.17) is 0 Å². The molecule has 4 nitrogen and oxygen atoms in total. The number of carbonyl (C=O) groups is 1. The number of benzene rings is 1. The first kappa shape index (κ1) is 16.5. The summed E-state index contributed by atoms with van der Waals surface area (Å²) in [6, 6.07) is 4.43. The molecular formula is C17H18F3N3O. The van der Waals surface area contributed by atoms with Crippen molar-refractivity contribution in [3.63, 3.8) is 0 Å². The molecule has 1 N–H and O–H groups in total. The summed E-state index contributed by atoms with van der Waals surface area (Å²) < 4.78 is 39.9. The Balaban J connectivity index is 1.59. The Morgan fingerprint density at radius 1 is 1.25 bits per heavy atom. The molecule has 128 valence electrons. The number of hydrogen-bond acceptors (Lipinski definition) is 2. The first-order valence-corrected chi connectivity index (χ1v) is 7.94. The lowest BCUT2D eigenvalue weighted by molar-refractivity contribution is -0.137. The highest BCUT2D eigenvalue weighted by molar-refractivity contribution is 5.94. The van der Waals surface area contributed by atoms with Gasteiger partial charge >= 0.3 is 6.18 Å². The lowest BCUT2D eigenvalue weighted by atomic mass is 9.98. The van der Waals surface area contributed by atoms with Gasteiger partial charge < -0.3 is 5.32 Å². The molecule has 0 saturated carbocycles. The molecule has 3 rings (SSSR count). The molecule has 7 heteroatoms. The van der Waals surface area contributed by atoms with Crippen LogP contribution in [0.25, 0.3) is 0 Å². The molecule has 1 amide bonds. The van der Waals surface area contributed by atoms with Crippen molar-refractivity contribution in [2.75, 3.05) is 6.54 Å². The van der Waals surface area contributed by atoms with Crippen LogP contribution in [0.15, 0.2) is 30.5 Å². The van der Waals surface area contributed by atoms with Gasteiger partial charge in [-0.2, -0.15) is 18.3 Å². The summed E-state index contributed by atoms with van der Waals surface area (Å²) in [6.07, 6.45) is 1.73. The smallest absolute Gasteiger partial charge is 0.350 e. The third-order valence-corrected chi connectivity index (χ3v) is 4.21. The zero-order chi connectivity index (χ0) is 17.2. The van der Waals surface area contributed by atoms with Crippen LogP contribution in [0.2, 0.25) is 0 Å². The number of aryl methyl sites for hydroxylation is 1. The molecule has 0 fully saturated rings. The molecule has 0 unspecified atom stereocenters. The standard InChI is InChI=1S/C17H18F3N3O/c18-17(19,20)14-6-3-5-12(10-14)16(24)21-8-9-23-15-7-2-1-4-13(15)11-22-23/h3,5-6,10-11H,1-2,4,7-9H2,(H,21,24). The third-order valence-electron chi connectivity index (χ3n) is 4.21. The van der Waals surface area contributed by atoms with Crippen LogP contribution in [0, 0.1) is 0 Å². The van der Waals surface area contributed by atoms with Gasteiger partial charge in [-0.1, -0.05) is 6.07 Å². The highest BCUT2D eigenvalue weighted by atomic mass is 19.4. The van der Waals surface area contributed by atoms with Crippen molar-refractivity contribution in [2.24, 2.45) is 0 Å². The minimum atomic E-state index is -4.45. The fraction of sp³-hybridized carbons (Fsp3) is 0.412. The van der Waals surface area contributed by atoms with Crippen molar-refractivity contribution in [1.82, 2.24) is 15.1 Å².